The number of benzene rings is 1. The van der Waals surface area contributed by atoms with Crippen molar-refractivity contribution in [1.29, 1.82) is 0 Å². The summed E-state index contributed by atoms with van der Waals surface area (Å²) in [6.45, 7) is 0.444. The molecular formula is C17H13FN4O2. The number of amides is 1. The highest BCUT2D eigenvalue weighted by molar-refractivity contribution is 5.96. The zero-order valence-electron chi connectivity index (χ0n) is 12.6. The SMILES string of the molecule is O=C1C[C@@H](c2noc(-c3ccncc3)n2)CN1c1ccc(F)cc1. The van der Waals surface area contributed by atoms with Crippen molar-refractivity contribution in [2.24, 2.45) is 0 Å². The minimum Gasteiger partial charge on any atom is -0.334 e. The molecule has 24 heavy (non-hydrogen) atoms. The second kappa shape index (κ2) is 5.84. The van der Waals surface area contributed by atoms with Gasteiger partial charge in [-0.25, -0.2) is 4.39 Å². The van der Waals surface area contributed by atoms with Crippen LogP contribution in [0.25, 0.3) is 11.5 Å². The number of hydrogen-bond acceptors (Lipinski definition) is 5. The Balaban J connectivity index is 1.55. The molecule has 1 saturated heterocycles. The number of pyridine rings is 1. The topological polar surface area (TPSA) is 72.1 Å². The van der Waals surface area contributed by atoms with E-state index < -0.39 is 0 Å². The lowest BCUT2D eigenvalue weighted by atomic mass is 10.1. The summed E-state index contributed by atoms with van der Waals surface area (Å²) in [4.78, 5) is 22.2. The van der Waals surface area contributed by atoms with Crippen molar-refractivity contribution < 1.29 is 13.7 Å². The summed E-state index contributed by atoms with van der Waals surface area (Å²) < 4.78 is 18.3. The molecule has 1 aliphatic rings. The van der Waals surface area contributed by atoms with E-state index in [1.54, 1.807) is 41.6 Å². The predicted molar refractivity (Wildman–Crippen MR) is 83.6 cm³/mol. The van der Waals surface area contributed by atoms with E-state index in [0.717, 1.165) is 5.56 Å². The lowest BCUT2D eigenvalue weighted by Crippen LogP contribution is -2.24. The van der Waals surface area contributed by atoms with Gasteiger partial charge < -0.3 is 9.42 Å². The van der Waals surface area contributed by atoms with E-state index in [2.05, 4.69) is 15.1 Å². The van der Waals surface area contributed by atoms with Crippen LogP contribution < -0.4 is 4.90 Å². The number of aromatic nitrogens is 3. The van der Waals surface area contributed by atoms with Crippen LogP contribution in [0.5, 0.6) is 0 Å². The highest BCUT2D eigenvalue weighted by Gasteiger charge is 2.34. The van der Waals surface area contributed by atoms with E-state index in [1.165, 1.54) is 12.1 Å². The Morgan fingerprint density at radius 3 is 2.62 bits per heavy atom. The molecule has 1 atom stereocenters. The second-order valence-electron chi connectivity index (χ2n) is 5.58. The third-order valence-electron chi connectivity index (χ3n) is 4.00. The van der Waals surface area contributed by atoms with Gasteiger partial charge in [0.15, 0.2) is 5.82 Å². The Bertz CT molecular complexity index is 864. The Hall–Kier alpha value is -3.09. The highest BCUT2D eigenvalue weighted by atomic mass is 19.1. The average Bonchev–Trinajstić information content (AvgIpc) is 3.23. The lowest BCUT2D eigenvalue weighted by molar-refractivity contribution is -0.117. The summed E-state index contributed by atoms with van der Waals surface area (Å²) >= 11 is 0. The number of halogens is 1. The Morgan fingerprint density at radius 1 is 1.12 bits per heavy atom. The fourth-order valence-corrected chi connectivity index (χ4v) is 2.76. The molecule has 4 rings (SSSR count). The third kappa shape index (κ3) is 2.64. The molecule has 0 aliphatic carbocycles. The van der Waals surface area contributed by atoms with Crippen molar-refractivity contribution in [2.45, 2.75) is 12.3 Å². The first-order valence-corrected chi connectivity index (χ1v) is 7.50. The van der Waals surface area contributed by atoms with Crippen LogP contribution in [0.4, 0.5) is 10.1 Å². The van der Waals surface area contributed by atoms with Crippen LogP contribution in [0.2, 0.25) is 0 Å². The maximum atomic E-state index is 13.0. The summed E-state index contributed by atoms with van der Waals surface area (Å²) in [6.07, 6.45) is 3.59. The van der Waals surface area contributed by atoms with Crippen LogP contribution in [0, 0.1) is 5.82 Å². The summed E-state index contributed by atoms with van der Waals surface area (Å²) in [7, 11) is 0. The summed E-state index contributed by atoms with van der Waals surface area (Å²) in [6, 6.07) is 9.42. The van der Waals surface area contributed by atoms with Gasteiger partial charge in [0, 0.05) is 42.5 Å². The largest absolute Gasteiger partial charge is 0.334 e. The smallest absolute Gasteiger partial charge is 0.258 e. The molecule has 3 aromatic rings. The molecule has 1 fully saturated rings. The summed E-state index contributed by atoms with van der Waals surface area (Å²) in [5.41, 5.74) is 1.45. The molecule has 1 aliphatic heterocycles. The quantitative estimate of drug-likeness (QED) is 0.741. The van der Waals surface area contributed by atoms with Gasteiger partial charge in [0.1, 0.15) is 5.82 Å². The zero-order chi connectivity index (χ0) is 16.5. The van der Waals surface area contributed by atoms with Gasteiger partial charge in [-0.3, -0.25) is 9.78 Å². The van der Waals surface area contributed by atoms with Gasteiger partial charge in [-0.2, -0.15) is 4.98 Å². The van der Waals surface area contributed by atoms with Gasteiger partial charge in [-0.15, -0.1) is 0 Å². The monoisotopic (exact) mass is 324 g/mol. The first-order chi connectivity index (χ1) is 11.7. The van der Waals surface area contributed by atoms with Crippen LogP contribution in [0.15, 0.2) is 53.3 Å². The fraction of sp³-hybridized carbons (Fsp3) is 0.176. The van der Waals surface area contributed by atoms with Gasteiger partial charge in [0.05, 0.1) is 0 Å². The molecule has 0 bridgehead atoms. The Labute approximate surface area is 136 Å². The lowest BCUT2D eigenvalue weighted by Gasteiger charge is -2.15. The van der Waals surface area contributed by atoms with Crippen molar-refractivity contribution in [3.63, 3.8) is 0 Å². The van der Waals surface area contributed by atoms with Crippen LogP contribution >= 0.6 is 0 Å². The molecule has 120 valence electrons. The van der Waals surface area contributed by atoms with Crippen molar-refractivity contribution in [3.8, 4) is 11.5 Å². The molecule has 2 aromatic heterocycles. The van der Waals surface area contributed by atoms with E-state index in [1.807, 2.05) is 0 Å². The van der Waals surface area contributed by atoms with Crippen LogP contribution in [-0.2, 0) is 4.79 Å². The van der Waals surface area contributed by atoms with E-state index >= 15 is 0 Å². The third-order valence-corrected chi connectivity index (χ3v) is 4.00. The second-order valence-corrected chi connectivity index (χ2v) is 5.58. The molecule has 1 amide bonds. The number of carbonyl (C=O) groups excluding carboxylic acids is 1. The first kappa shape index (κ1) is 14.5. The van der Waals surface area contributed by atoms with Gasteiger partial charge >= 0.3 is 0 Å². The van der Waals surface area contributed by atoms with E-state index in [-0.39, 0.29) is 17.6 Å². The van der Waals surface area contributed by atoms with Crippen LogP contribution in [0.3, 0.4) is 0 Å². The normalized spacial score (nSPS) is 17.5. The molecule has 0 N–H and O–H groups in total. The van der Waals surface area contributed by atoms with E-state index in [0.29, 0.717) is 30.4 Å². The van der Waals surface area contributed by atoms with Gasteiger partial charge in [0.25, 0.3) is 5.89 Å². The minimum atomic E-state index is -0.331. The number of carbonyl (C=O) groups is 1. The number of rotatable bonds is 3. The van der Waals surface area contributed by atoms with Crippen molar-refractivity contribution >= 4 is 11.6 Å². The maximum Gasteiger partial charge on any atom is 0.258 e. The zero-order valence-corrected chi connectivity index (χ0v) is 12.6. The van der Waals surface area contributed by atoms with Crippen molar-refractivity contribution in [2.75, 3.05) is 11.4 Å². The molecule has 0 radical (unpaired) electrons. The first-order valence-electron chi connectivity index (χ1n) is 7.50. The molecule has 0 unspecified atom stereocenters. The molecule has 0 saturated carbocycles. The number of anilines is 1. The minimum absolute atomic E-state index is 0.0399. The molecule has 1 aromatic carbocycles. The summed E-state index contributed by atoms with van der Waals surface area (Å²) in [5.74, 6) is 0.380. The summed E-state index contributed by atoms with van der Waals surface area (Å²) in [5, 5.41) is 4.01. The average molecular weight is 324 g/mol. The van der Waals surface area contributed by atoms with E-state index in [4.69, 9.17) is 4.52 Å². The molecule has 3 heterocycles. The van der Waals surface area contributed by atoms with Crippen molar-refractivity contribution in [1.82, 2.24) is 15.1 Å². The number of hydrogen-bond donors (Lipinski definition) is 0. The highest BCUT2D eigenvalue weighted by Crippen LogP contribution is 2.31. The molecule has 6 nitrogen and oxygen atoms in total. The van der Waals surface area contributed by atoms with E-state index in [9.17, 15) is 9.18 Å². The van der Waals surface area contributed by atoms with Crippen LogP contribution in [0.1, 0.15) is 18.2 Å². The van der Waals surface area contributed by atoms with Crippen molar-refractivity contribution in [3.05, 3.63) is 60.4 Å². The molecule has 7 heteroatoms. The fourth-order valence-electron chi connectivity index (χ4n) is 2.76. The number of nitrogens with zero attached hydrogens (tertiary/aromatic N) is 4. The van der Waals surface area contributed by atoms with Gasteiger partial charge in [-0.1, -0.05) is 5.16 Å². The van der Waals surface area contributed by atoms with Crippen LogP contribution in [-0.4, -0.2) is 27.6 Å². The molecule has 0 spiro atoms. The Morgan fingerprint density at radius 2 is 1.88 bits per heavy atom. The van der Waals surface area contributed by atoms with Gasteiger partial charge in [-0.05, 0) is 36.4 Å². The maximum absolute atomic E-state index is 13.0. The predicted octanol–water partition coefficient (Wildman–Crippen LogP) is 2.79. The molecular weight excluding hydrogens is 311 g/mol. The Kier molecular flexibility index (Phi) is 3.53. The standard InChI is InChI=1S/C17H13FN4O2/c18-13-1-3-14(4-2-13)22-10-12(9-15(22)23)16-20-17(24-21-16)11-5-7-19-8-6-11/h1-8,12H,9-10H2/t12-/m1/s1. The van der Waals surface area contributed by atoms with Gasteiger partial charge in [0.2, 0.25) is 5.91 Å².